The van der Waals surface area contributed by atoms with Crippen LogP contribution in [0.4, 0.5) is 0 Å². The summed E-state index contributed by atoms with van der Waals surface area (Å²) in [6.07, 6.45) is -15.9. The van der Waals surface area contributed by atoms with E-state index in [1.165, 1.54) is 14.0 Å². The minimum atomic E-state index is -1.88. The topological polar surface area (TPSA) is 229 Å². The lowest BCUT2D eigenvalue weighted by molar-refractivity contribution is -0.338. The van der Waals surface area contributed by atoms with E-state index in [0.717, 1.165) is 12.1 Å². The van der Waals surface area contributed by atoms with Crippen LogP contribution in [0.2, 0.25) is 0 Å². The zero-order valence-corrected chi connectivity index (χ0v) is 22.5. The van der Waals surface area contributed by atoms with Crippen molar-refractivity contribution in [3.05, 3.63) is 52.2 Å². The molecule has 0 aliphatic carbocycles. The molecule has 0 unspecified atom stereocenters. The molecule has 3 aromatic rings. The van der Waals surface area contributed by atoms with Gasteiger partial charge in [0.15, 0.2) is 11.7 Å². The molecule has 14 heteroatoms. The molecule has 3 heterocycles. The summed E-state index contributed by atoms with van der Waals surface area (Å²) in [6, 6.07) is 8.80. The third-order valence-corrected chi connectivity index (χ3v) is 7.63. The molecule has 42 heavy (non-hydrogen) atoms. The maximum absolute atomic E-state index is 13.1. The van der Waals surface area contributed by atoms with Gasteiger partial charge >= 0.3 is 0 Å². The van der Waals surface area contributed by atoms with E-state index in [1.54, 1.807) is 24.3 Å². The van der Waals surface area contributed by atoms with Crippen molar-refractivity contribution in [2.45, 2.75) is 68.1 Å². The summed E-state index contributed by atoms with van der Waals surface area (Å²) in [5.74, 6) is -0.710. The Morgan fingerprint density at radius 2 is 1.57 bits per heavy atom. The lowest BCUT2D eigenvalue weighted by atomic mass is 9.89. The van der Waals surface area contributed by atoms with Gasteiger partial charge in [-0.25, -0.2) is 0 Å². The predicted molar refractivity (Wildman–Crippen MR) is 142 cm³/mol. The van der Waals surface area contributed by atoms with Gasteiger partial charge in [0, 0.05) is 17.7 Å². The number of benzene rings is 2. The molecule has 2 aromatic carbocycles. The van der Waals surface area contributed by atoms with Crippen molar-refractivity contribution >= 4 is 11.0 Å². The van der Waals surface area contributed by atoms with Crippen LogP contribution in [0.5, 0.6) is 17.2 Å². The standard InChI is InChI=1S/C28H32O14/c1-10-20(32)23(35)24(36)28(39-10)42-27-21(33)17(9-29)41-26(25(27)37)19-14(31)8-16-18(22(19)34)13(30)7-15(40-16)11-3-5-12(38-2)6-4-11/h3-8,10,17,20-21,23-29,31-37H,9H2,1-2H3/t10-,17-,20-,21-,23+,24+,25+,26+,27+,28-/m1/s1. The van der Waals surface area contributed by atoms with Gasteiger partial charge in [0.05, 0.1) is 25.4 Å². The van der Waals surface area contributed by atoms with E-state index in [2.05, 4.69) is 0 Å². The van der Waals surface area contributed by atoms with Crippen LogP contribution in [0.25, 0.3) is 22.3 Å². The number of hydrogen-bond donors (Lipinski definition) is 8. The molecule has 2 saturated heterocycles. The average molecular weight is 593 g/mol. The van der Waals surface area contributed by atoms with E-state index in [4.69, 9.17) is 23.4 Å². The monoisotopic (exact) mass is 592 g/mol. The van der Waals surface area contributed by atoms with Gasteiger partial charge in [-0.05, 0) is 31.2 Å². The number of aliphatic hydroxyl groups excluding tert-OH is 6. The highest BCUT2D eigenvalue weighted by Gasteiger charge is 2.51. The van der Waals surface area contributed by atoms with E-state index in [0.29, 0.717) is 11.3 Å². The molecule has 8 N–H and O–H groups in total. The van der Waals surface area contributed by atoms with Crippen LogP contribution in [0.3, 0.4) is 0 Å². The van der Waals surface area contributed by atoms with Crippen molar-refractivity contribution in [2.75, 3.05) is 13.7 Å². The first kappa shape index (κ1) is 30.2. The number of fused-ring (bicyclic) bond motifs is 1. The van der Waals surface area contributed by atoms with Gasteiger partial charge in [-0.3, -0.25) is 4.79 Å². The zero-order valence-electron chi connectivity index (χ0n) is 22.5. The van der Waals surface area contributed by atoms with Gasteiger partial charge < -0.3 is 64.2 Å². The number of phenols is 2. The van der Waals surface area contributed by atoms with Crippen LogP contribution in [-0.2, 0) is 14.2 Å². The van der Waals surface area contributed by atoms with Crippen LogP contribution in [0, 0.1) is 0 Å². The van der Waals surface area contributed by atoms with Crippen molar-refractivity contribution in [3.8, 4) is 28.6 Å². The van der Waals surface area contributed by atoms with Gasteiger partial charge in [-0.2, -0.15) is 0 Å². The molecular weight excluding hydrogens is 560 g/mol. The summed E-state index contributed by atoms with van der Waals surface area (Å²) < 4.78 is 27.6. The molecule has 14 nitrogen and oxygen atoms in total. The summed E-state index contributed by atoms with van der Waals surface area (Å²) >= 11 is 0. The minimum Gasteiger partial charge on any atom is -0.507 e. The quantitative estimate of drug-likeness (QED) is 0.176. The van der Waals surface area contributed by atoms with Gasteiger partial charge in [0.25, 0.3) is 0 Å². The first-order chi connectivity index (χ1) is 20.0. The number of aromatic hydroxyl groups is 2. The molecular formula is C28H32O14. The molecule has 2 aliphatic rings. The molecule has 2 fully saturated rings. The summed E-state index contributed by atoms with van der Waals surface area (Å²) in [5.41, 5.74) is -0.794. The van der Waals surface area contributed by atoms with Gasteiger partial charge in [-0.1, -0.05) is 0 Å². The average Bonchev–Trinajstić information content (AvgIpc) is 2.97. The van der Waals surface area contributed by atoms with Gasteiger partial charge in [0.2, 0.25) is 0 Å². The normalized spacial score (nSPS) is 33.5. The van der Waals surface area contributed by atoms with Crippen molar-refractivity contribution in [1.29, 1.82) is 0 Å². The molecule has 0 bridgehead atoms. The molecule has 228 valence electrons. The summed E-state index contributed by atoms with van der Waals surface area (Å²) in [5, 5.41) is 84.1. The Morgan fingerprint density at radius 1 is 0.881 bits per heavy atom. The highest BCUT2D eigenvalue weighted by atomic mass is 16.7. The molecule has 10 atom stereocenters. The summed E-state index contributed by atoms with van der Waals surface area (Å²) in [7, 11) is 1.50. The fraction of sp³-hybridized carbons (Fsp3) is 0.464. The number of methoxy groups -OCH3 is 1. The second-order valence-corrected chi connectivity index (χ2v) is 10.3. The molecule has 1 aromatic heterocycles. The molecule has 0 spiro atoms. The van der Waals surface area contributed by atoms with Crippen molar-refractivity contribution < 1.29 is 64.2 Å². The minimum absolute atomic E-state index is 0.139. The lowest BCUT2D eigenvalue weighted by Gasteiger charge is -2.46. The van der Waals surface area contributed by atoms with Gasteiger partial charge in [-0.15, -0.1) is 0 Å². The first-order valence-electron chi connectivity index (χ1n) is 13.1. The molecule has 5 rings (SSSR count). The second kappa shape index (κ2) is 11.8. The first-order valence-corrected chi connectivity index (χ1v) is 13.1. The molecule has 0 saturated carbocycles. The lowest BCUT2D eigenvalue weighted by Crippen LogP contribution is -2.62. The van der Waals surface area contributed by atoms with E-state index in [9.17, 15) is 45.6 Å². The smallest absolute Gasteiger partial charge is 0.197 e. The fourth-order valence-corrected chi connectivity index (χ4v) is 5.25. The van der Waals surface area contributed by atoms with E-state index in [-0.39, 0.29) is 16.7 Å². The van der Waals surface area contributed by atoms with Crippen molar-refractivity contribution in [3.63, 3.8) is 0 Å². The van der Waals surface area contributed by atoms with Crippen LogP contribution in [0.15, 0.2) is 45.6 Å². The second-order valence-electron chi connectivity index (χ2n) is 10.3. The SMILES string of the molecule is COc1ccc(-c2cc(=O)c3c(O)c([C@@H]4O[C@H](CO)[C@@H](O)[C@H](O[C@H]5O[C@H](C)[C@@H](O)[C@H](O)[C@@H]5O)[C@H]4O)c(O)cc3o2)cc1. The third kappa shape index (κ3) is 5.21. The number of rotatable bonds is 6. The highest BCUT2D eigenvalue weighted by Crippen LogP contribution is 2.45. The fourth-order valence-electron chi connectivity index (χ4n) is 5.25. The highest BCUT2D eigenvalue weighted by molar-refractivity contribution is 5.88. The third-order valence-electron chi connectivity index (χ3n) is 7.63. The maximum Gasteiger partial charge on any atom is 0.197 e. The van der Waals surface area contributed by atoms with E-state index >= 15 is 0 Å². The Labute approximate surface area is 238 Å². The van der Waals surface area contributed by atoms with Crippen molar-refractivity contribution in [2.24, 2.45) is 0 Å². The van der Waals surface area contributed by atoms with Crippen molar-refractivity contribution in [1.82, 2.24) is 0 Å². The molecule has 2 aliphatic heterocycles. The number of hydrogen-bond acceptors (Lipinski definition) is 14. The maximum atomic E-state index is 13.1. The number of ether oxygens (including phenoxy) is 4. The van der Waals surface area contributed by atoms with Gasteiger partial charge in [0.1, 0.15) is 82.8 Å². The van der Waals surface area contributed by atoms with E-state index in [1.807, 2.05) is 0 Å². The number of aliphatic hydroxyl groups is 6. The Kier molecular flexibility index (Phi) is 8.44. The molecule has 0 radical (unpaired) electrons. The van der Waals surface area contributed by atoms with Crippen LogP contribution < -0.4 is 10.2 Å². The zero-order chi connectivity index (χ0) is 30.5. The Hall–Kier alpha value is -3.31. The van der Waals surface area contributed by atoms with E-state index < -0.39 is 90.3 Å². The summed E-state index contributed by atoms with van der Waals surface area (Å²) in [4.78, 5) is 13.1. The van der Waals surface area contributed by atoms with Crippen LogP contribution in [-0.4, -0.2) is 110 Å². The Morgan fingerprint density at radius 3 is 2.21 bits per heavy atom. The van der Waals surface area contributed by atoms with Crippen LogP contribution in [0.1, 0.15) is 18.6 Å². The number of phenolic OH excluding ortho intramolecular Hbond substituents is 2. The predicted octanol–water partition coefficient (Wildman–Crippen LogP) is -0.754. The largest absolute Gasteiger partial charge is 0.507 e. The molecule has 0 amide bonds. The van der Waals surface area contributed by atoms with Crippen LogP contribution >= 0.6 is 0 Å². The summed E-state index contributed by atoms with van der Waals surface area (Å²) in [6.45, 7) is 0.613. The Bertz CT molecular complexity index is 1470. The Balaban J connectivity index is 1.52.